The first kappa shape index (κ1) is 34.2. The van der Waals surface area contributed by atoms with Crippen molar-refractivity contribution >= 4 is 23.4 Å². The number of ether oxygens (including phenoxy) is 2. The molecule has 2 bridgehead atoms. The van der Waals surface area contributed by atoms with Crippen molar-refractivity contribution in [1.29, 1.82) is 0 Å². The minimum atomic E-state index is -1.53. The molecule has 5 N–H and O–H groups in total. The van der Waals surface area contributed by atoms with Crippen molar-refractivity contribution in [1.82, 2.24) is 0 Å². The molecule has 0 amide bonds. The van der Waals surface area contributed by atoms with Crippen LogP contribution in [-0.4, -0.2) is 62.5 Å². The molecular weight excluding hydrogens is 602 g/mol. The van der Waals surface area contributed by atoms with Gasteiger partial charge in [0.15, 0.2) is 0 Å². The minimum absolute atomic E-state index is 0.0159. The number of allylic oxidation sites excluding steroid dienone is 1. The summed E-state index contributed by atoms with van der Waals surface area (Å²) in [6.07, 6.45) is 1.62. The number of phenols is 1. The Kier molecular flexibility index (Phi) is 10.4. The first-order valence-electron chi connectivity index (χ1n) is 16.2. The first-order valence-corrected chi connectivity index (χ1v) is 16.2. The number of hydrogen-bond acceptors (Lipinski definition) is 10. The van der Waals surface area contributed by atoms with E-state index in [2.05, 4.69) is 17.2 Å². The van der Waals surface area contributed by atoms with Crippen molar-refractivity contribution in [2.24, 2.45) is 5.92 Å². The van der Waals surface area contributed by atoms with Crippen LogP contribution in [0.3, 0.4) is 0 Å². The summed E-state index contributed by atoms with van der Waals surface area (Å²) in [7, 11) is 0. The minimum Gasteiger partial charge on any atom is -0.508 e. The van der Waals surface area contributed by atoms with Crippen LogP contribution in [0.25, 0.3) is 0 Å². The van der Waals surface area contributed by atoms with Crippen molar-refractivity contribution in [3.63, 3.8) is 0 Å². The van der Waals surface area contributed by atoms with Gasteiger partial charge in [-0.05, 0) is 80.8 Å². The van der Waals surface area contributed by atoms with E-state index in [1.807, 2.05) is 6.07 Å². The van der Waals surface area contributed by atoms with Crippen LogP contribution in [0.5, 0.6) is 11.5 Å². The lowest BCUT2D eigenvalue weighted by Gasteiger charge is -2.40. The molecule has 0 spiro atoms. The number of aromatic hydroxyl groups is 1. The van der Waals surface area contributed by atoms with Crippen LogP contribution in [0, 0.1) is 17.8 Å². The Hall–Kier alpha value is -4.17. The number of fused-ring (bicyclic) bond motifs is 1. The number of cyclic esters (lactones) is 1. The monoisotopic (exact) mass is 645 g/mol. The van der Waals surface area contributed by atoms with Gasteiger partial charge in [-0.3, -0.25) is 9.59 Å². The van der Waals surface area contributed by atoms with Gasteiger partial charge >= 0.3 is 11.9 Å². The molecule has 0 radical (unpaired) electrons. The topological polar surface area (TPSA) is 163 Å². The van der Waals surface area contributed by atoms with Gasteiger partial charge in [-0.1, -0.05) is 24.0 Å². The molecule has 1 aliphatic carbocycles. The van der Waals surface area contributed by atoms with Crippen LogP contribution < -0.4 is 10.1 Å². The summed E-state index contributed by atoms with van der Waals surface area (Å²) in [5.74, 6) is 4.12. The molecule has 1 saturated carbocycles. The molecule has 0 unspecified atom stereocenters. The molecule has 2 aromatic rings. The molecule has 0 aromatic heterocycles. The summed E-state index contributed by atoms with van der Waals surface area (Å²) >= 11 is 0. The number of anilines is 1. The Morgan fingerprint density at radius 2 is 1.77 bits per heavy atom. The highest BCUT2D eigenvalue weighted by atomic mass is 16.6. The van der Waals surface area contributed by atoms with Crippen molar-refractivity contribution in [3.8, 4) is 23.3 Å². The smallest absolute Gasteiger partial charge is 0.334 e. The van der Waals surface area contributed by atoms with E-state index in [1.165, 1.54) is 6.07 Å². The van der Waals surface area contributed by atoms with Crippen LogP contribution >= 0.6 is 0 Å². The highest BCUT2D eigenvalue weighted by Crippen LogP contribution is 2.42. The standard InChI is InChI=1S/C37H43NO9/c1-4-23-13-24(26-11-22(20-39)12-29(14-26)38-19-21(2)40)5-6-25-17-35(43)46-33-18-32(42)27(15-31(25)33)16-34(47-36(23)44)37(3,45)28-7-9-30(41)10-8-28/h4,11-12,14-15,18,21,24-25,28,34,38-40,42,45H,7-10,13,16-17,19-20H2,1-3H3/t21-,24-,25+,34+,37-/m0/s1. The fraction of sp³-hybridized carbons (Fsp3) is 0.486. The molecule has 0 saturated heterocycles. The lowest BCUT2D eigenvalue weighted by molar-refractivity contribution is -0.169. The van der Waals surface area contributed by atoms with E-state index in [1.54, 1.807) is 45.0 Å². The van der Waals surface area contributed by atoms with E-state index < -0.39 is 41.6 Å². The van der Waals surface area contributed by atoms with Gasteiger partial charge in [-0.15, -0.1) is 0 Å². The van der Waals surface area contributed by atoms with E-state index >= 15 is 0 Å². The Morgan fingerprint density at radius 1 is 1.04 bits per heavy atom. The van der Waals surface area contributed by atoms with Gasteiger partial charge in [0.1, 0.15) is 29.0 Å². The van der Waals surface area contributed by atoms with Crippen molar-refractivity contribution < 1.29 is 44.3 Å². The predicted octanol–water partition coefficient (Wildman–Crippen LogP) is 4.17. The summed E-state index contributed by atoms with van der Waals surface area (Å²) in [5, 5.41) is 46.1. The number of Topliss-reactive ketones (excluding diaryl/α,β-unsaturated/α-hetero) is 1. The fourth-order valence-electron chi connectivity index (χ4n) is 6.66. The Bertz CT molecular complexity index is 1620. The molecule has 5 rings (SSSR count). The number of phenolic OH excluding ortho intramolecular Hbond substituents is 1. The van der Waals surface area contributed by atoms with Crippen LogP contribution in [0.1, 0.15) is 93.4 Å². The zero-order valence-corrected chi connectivity index (χ0v) is 27.0. The van der Waals surface area contributed by atoms with Gasteiger partial charge in [0, 0.05) is 54.6 Å². The van der Waals surface area contributed by atoms with Gasteiger partial charge in [0.2, 0.25) is 0 Å². The number of benzene rings is 2. The SMILES string of the molecule is CC=C1C[C@@H](c2cc(CO)cc(NC[C@H](C)O)c2)C#C[C@@H]2CC(=O)Oc3cc(O)c(cc32)C[C@H]([C@@](C)(O)C2CCC(=O)CC2)OC1=O. The van der Waals surface area contributed by atoms with Crippen molar-refractivity contribution in [3.05, 3.63) is 64.2 Å². The van der Waals surface area contributed by atoms with Crippen LogP contribution in [0.2, 0.25) is 0 Å². The van der Waals surface area contributed by atoms with Gasteiger partial charge in [0.05, 0.1) is 25.0 Å². The summed E-state index contributed by atoms with van der Waals surface area (Å²) in [5.41, 5.74) is 1.77. The maximum atomic E-state index is 13.9. The largest absolute Gasteiger partial charge is 0.508 e. The number of carbonyl (C=O) groups is 3. The number of ketones is 1. The molecule has 2 aliphatic heterocycles. The van der Waals surface area contributed by atoms with E-state index in [0.29, 0.717) is 59.2 Å². The highest BCUT2D eigenvalue weighted by Gasteiger charge is 2.44. The van der Waals surface area contributed by atoms with E-state index in [9.17, 15) is 34.8 Å². The molecule has 10 nitrogen and oxygen atoms in total. The maximum absolute atomic E-state index is 13.9. The van der Waals surface area contributed by atoms with Crippen LogP contribution in [0.15, 0.2) is 42.0 Å². The van der Waals surface area contributed by atoms with Gasteiger partial charge in [-0.25, -0.2) is 4.79 Å². The average Bonchev–Trinajstić information content (AvgIpc) is 3.04. The molecule has 3 aliphatic rings. The van der Waals surface area contributed by atoms with Crippen molar-refractivity contribution in [2.45, 2.75) is 102 Å². The molecule has 2 aromatic carbocycles. The van der Waals surface area contributed by atoms with Crippen molar-refractivity contribution in [2.75, 3.05) is 11.9 Å². The summed E-state index contributed by atoms with van der Waals surface area (Å²) in [6.45, 7) is 5.03. The van der Waals surface area contributed by atoms with Crippen LogP contribution in [-0.2, 0) is 32.1 Å². The van der Waals surface area contributed by atoms with E-state index in [4.69, 9.17) is 9.47 Å². The second-order valence-corrected chi connectivity index (χ2v) is 13.1. The second kappa shape index (κ2) is 14.3. The number of aliphatic hydroxyl groups is 3. The zero-order valence-electron chi connectivity index (χ0n) is 27.0. The van der Waals surface area contributed by atoms with Gasteiger partial charge < -0.3 is 35.2 Å². The first-order chi connectivity index (χ1) is 22.4. The lowest BCUT2D eigenvalue weighted by atomic mass is 9.73. The Labute approximate surface area is 274 Å². The number of carbonyl (C=O) groups excluding carboxylic acids is 3. The molecule has 5 atom stereocenters. The third kappa shape index (κ3) is 7.87. The predicted molar refractivity (Wildman–Crippen MR) is 174 cm³/mol. The van der Waals surface area contributed by atoms with Gasteiger partial charge in [-0.2, -0.15) is 0 Å². The number of nitrogens with one attached hydrogen (secondary N) is 1. The van der Waals surface area contributed by atoms with Gasteiger partial charge in [0.25, 0.3) is 0 Å². The van der Waals surface area contributed by atoms with E-state index in [0.717, 1.165) is 0 Å². The second-order valence-electron chi connectivity index (χ2n) is 13.1. The summed E-state index contributed by atoms with van der Waals surface area (Å²) < 4.78 is 11.6. The highest BCUT2D eigenvalue weighted by molar-refractivity contribution is 5.89. The quantitative estimate of drug-likeness (QED) is 0.128. The number of esters is 2. The number of rotatable bonds is 7. The molecule has 1 fully saturated rings. The Morgan fingerprint density at radius 3 is 2.45 bits per heavy atom. The lowest BCUT2D eigenvalue weighted by Crippen LogP contribution is -2.50. The normalized spacial score (nSPS) is 24.8. The number of aliphatic hydroxyl groups excluding tert-OH is 2. The van der Waals surface area contributed by atoms with E-state index in [-0.39, 0.29) is 55.6 Å². The average molecular weight is 646 g/mol. The number of hydrogen-bond donors (Lipinski definition) is 5. The molecule has 47 heavy (non-hydrogen) atoms. The summed E-state index contributed by atoms with van der Waals surface area (Å²) in [4.78, 5) is 38.5. The maximum Gasteiger partial charge on any atom is 0.334 e. The third-order valence-corrected chi connectivity index (χ3v) is 9.53. The molecular formula is C37H43NO9. The fourth-order valence-corrected chi connectivity index (χ4v) is 6.66. The molecule has 10 heteroatoms. The third-order valence-electron chi connectivity index (χ3n) is 9.53. The summed E-state index contributed by atoms with van der Waals surface area (Å²) in [6, 6.07) is 8.50. The molecule has 2 heterocycles. The zero-order chi connectivity index (χ0) is 33.9. The molecule has 250 valence electrons. The van der Waals surface area contributed by atoms with Crippen LogP contribution in [0.4, 0.5) is 5.69 Å². The Balaban J connectivity index is 1.62.